The van der Waals surface area contributed by atoms with Crippen LogP contribution in [0.25, 0.3) is 0 Å². The first kappa shape index (κ1) is 16.5. The Morgan fingerprint density at radius 3 is 2.65 bits per heavy atom. The maximum absolute atomic E-state index is 11.9. The number of aryl methyl sites for hydroxylation is 1. The van der Waals surface area contributed by atoms with E-state index in [-0.39, 0.29) is 17.4 Å². The van der Waals surface area contributed by atoms with E-state index in [9.17, 15) is 4.79 Å². The van der Waals surface area contributed by atoms with Gasteiger partial charge in [-0.05, 0) is 30.0 Å². The molecule has 0 aromatic heterocycles. The summed E-state index contributed by atoms with van der Waals surface area (Å²) in [5.74, 6) is 0.770. The summed E-state index contributed by atoms with van der Waals surface area (Å²) in [5.41, 5.74) is 6.80. The van der Waals surface area contributed by atoms with Gasteiger partial charge in [0.1, 0.15) is 5.75 Å². The van der Waals surface area contributed by atoms with E-state index in [1.807, 2.05) is 31.2 Å². The van der Waals surface area contributed by atoms with Gasteiger partial charge in [0, 0.05) is 12.6 Å². The highest BCUT2D eigenvalue weighted by atomic mass is 16.5. The summed E-state index contributed by atoms with van der Waals surface area (Å²) in [6.07, 6.45) is 0.334. The predicted molar refractivity (Wildman–Crippen MR) is 81.7 cm³/mol. The lowest BCUT2D eigenvalue weighted by molar-refractivity contribution is -0.123. The number of hydrogen-bond donors (Lipinski definition) is 2. The second-order valence-corrected chi connectivity index (χ2v) is 6.14. The molecule has 3 N–H and O–H groups in total. The number of hydrogen-bond acceptors (Lipinski definition) is 3. The summed E-state index contributed by atoms with van der Waals surface area (Å²) in [6.45, 7) is 9.01. The Labute approximate surface area is 121 Å². The van der Waals surface area contributed by atoms with Crippen LogP contribution in [0.5, 0.6) is 5.75 Å². The van der Waals surface area contributed by atoms with Gasteiger partial charge >= 0.3 is 0 Å². The maximum Gasteiger partial charge on any atom is 0.223 e. The Balaban J connectivity index is 2.37. The van der Waals surface area contributed by atoms with Gasteiger partial charge in [-0.15, -0.1) is 0 Å². The molecule has 0 aliphatic carbocycles. The van der Waals surface area contributed by atoms with E-state index in [0.717, 1.165) is 11.3 Å². The van der Waals surface area contributed by atoms with Crippen LogP contribution in [0.2, 0.25) is 0 Å². The monoisotopic (exact) mass is 278 g/mol. The van der Waals surface area contributed by atoms with Crippen molar-refractivity contribution < 1.29 is 9.53 Å². The lowest BCUT2D eigenvalue weighted by Gasteiger charge is -2.30. The Morgan fingerprint density at radius 1 is 1.40 bits per heavy atom. The zero-order chi connectivity index (χ0) is 15.2. The van der Waals surface area contributed by atoms with Crippen molar-refractivity contribution in [3.05, 3.63) is 29.8 Å². The van der Waals surface area contributed by atoms with Crippen LogP contribution < -0.4 is 15.8 Å². The van der Waals surface area contributed by atoms with Crippen LogP contribution in [0.3, 0.4) is 0 Å². The van der Waals surface area contributed by atoms with E-state index in [1.54, 1.807) is 0 Å². The SMILES string of the molecule is Cc1cccc(OCCC(=O)NC(CN)C(C)(C)C)c1. The number of carbonyl (C=O) groups is 1. The third kappa shape index (κ3) is 5.61. The van der Waals surface area contributed by atoms with Crippen LogP contribution in [0.1, 0.15) is 32.8 Å². The molecule has 1 atom stereocenters. The molecule has 0 fully saturated rings. The first-order valence-corrected chi connectivity index (χ1v) is 7.02. The molecule has 112 valence electrons. The quantitative estimate of drug-likeness (QED) is 0.839. The third-order valence-electron chi connectivity index (χ3n) is 3.20. The second kappa shape index (κ2) is 7.29. The van der Waals surface area contributed by atoms with E-state index in [2.05, 4.69) is 26.1 Å². The number of nitrogens with one attached hydrogen (secondary N) is 1. The maximum atomic E-state index is 11.9. The summed E-state index contributed by atoms with van der Waals surface area (Å²) in [5, 5.41) is 2.96. The van der Waals surface area contributed by atoms with Crippen LogP contribution in [0.15, 0.2) is 24.3 Å². The molecule has 4 heteroatoms. The largest absolute Gasteiger partial charge is 0.493 e. The van der Waals surface area contributed by atoms with Crippen molar-refractivity contribution in [1.29, 1.82) is 0 Å². The molecule has 0 aliphatic rings. The fourth-order valence-electron chi connectivity index (χ4n) is 1.86. The highest BCUT2D eigenvalue weighted by Crippen LogP contribution is 2.18. The minimum absolute atomic E-state index is 0.0195. The summed E-state index contributed by atoms with van der Waals surface area (Å²) in [6, 6.07) is 7.77. The Kier molecular flexibility index (Phi) is 6.02. The van der Waals surface area contributed by atoms with Crippen LogP contribution in [-0.4, -0.2) is 25.1 Å². The summed E-state index contributed by atoms with van der Waals surface area (Å²) >= 11 is 0. The summed E-state index contributed by atoms with van der Waals surface area (Å²) in [7, 11) is 0. The van der Waals surface area contributed by atoms with Crippen LogP contribution in [0.4, 0.5) is 0 Å². The molecule has 1 rings (SSSR count). The summed E-state index contributed by atoms with van der Waals surface area (Å²) < 4.78 is 5.57. The topological polar surface area (TPSA) is 64.3 Å². The van der Waals surface area contributed by atoms with Crippen molar-refractivity contribution in [3.63, 3.8) is 0 Å². The van der Waals surface area contributed by atoms with Gasteiger partial charge in [0.25, 0.3) is 0 Å². The van der Waals surface area contributed by atoms with Crippen molar-refractivity contribution in [1.82, 2.24) is 5.32 Å². The molecule has 1 amide bonds. The normalized spacial score (nSPS) is 12.8. The van der Waals surface area contributed by atoms with Gasteiger partial charge in [-0.25, -0.2) is 0 Å². The van der Waals surface area contributed by atoms with Gasteiger partial charge < -0.3 is 15.8 Å². The molecule has 1 aromatic carbocycles. The molecule has 0 spiro atoms. The van der Waals surface area contributed by atoms with Crippen molar-refractivity contribution in [2.24, 2.45) is 11.1 Å². The van der Waals surface area contributed by atoms with Crippen molar-refractivity contribution in [2.75, 3.05) is 13.2 Å². The molecule has 4 nitrogen and oxygen atoms in total. The first-order chi connectivity index (χ1) is 9.32. The Morgan fingerprint density at radius 2 is 2.10 bits per heavy atom. The molecule has 0 bridgehead atoms. The molecule has 20 heavy (non-hydrogen) atoms. The standard InChI is InChI=1S/C16H26N2O2/c1-12-6-5-7-13(10-12)20-9-8-15(19)18-14(11-17)16(2,3)4/h5-7,10,14H,8-9,11,17H2,1-4H3,(H,18,19). The highest BCUT2D eigenvalue weighted by Gasteiger charge is 2.24. The number of rotatable bonds is 6. The fourth-order valence-corrected chi connectivity index (χ4v) is 1.86. The zero-order valence-electron chi connectivity index (χ0n) is 12.9. The van der Waals surface area contributed by atoms with Gasteiger partial charge in [0.15, 0.2) is 0 Å². The fraction of sp³-hybridized carbons (Fsp3) is 0.562. The molecular formula is C16H26N2O2. The van der Waals surface area contributed by atoms with E-state index < -0.39 is 0 Å². The minimum atomic E-state index is -0.0399. The number of benzene rings is 1. The minimum Gasteiger partial charge on any atom is -0.493 e. The number of nitrogens with two attached hydrogens (primary N) is 1. The average Bonchev–Trinajstić information content (AvgIpc) is 2.34. The molecule has 0 radical (unpaired) electrons. The molecule has 1 unspecified atom stereocenters. The molecule has 1 aromatic rings. The smallest absolute Gasteiger partial charge is 0.223 e. The van der Waals surface area contributed by atoms with Gasteiger partial charge in [0.2, 0.25) is 5.91 Å². The Bertz CT molecular complexity index is 438. The highest BCUT2D eigenvalue weighted by molar-refractivity contribution is 5.76. The zero-order valence-corrected chi connectivity index (χ0v) is 12.9. The van der Waals surface area contributed by atoms with Crippen LogP contribution >= 0.6 is 0 Å². The van der Waals surface area contributed by atoms with E-state index in [0.29, 0.717) is 19.6 Å². The Hall–Kier alpha value is -1.55. The van der Waals surface area contributed by atoms with Gasteiger partial charge in [-0.1, -0.05) is 32.9 Å². The summed E-state index contributed by atoms with van der Waals surface area (Å²) in [4.78, 5) is 11.9. The van der Waals surface area contributed by atoms with Gasteiger partial charge in [0.05, 0.1) is 13.0 Å². The average molecular weight is 278 g/mol. The number of carbonyl (C=O) groups excluding carboxylic acids is 1. The molecule has 0 heterocycles. The predicted octanol–water partition coefficient (Wildman–Crippen LogP) is 2.25. The van der Waals surface area contributed by atoms with E-state index in [4.69, 9.17) is 10.5 Å². The lowest BCUT2D eigenvalue weighted by atomic mass is 9.87. The van der Waals surface area contributed by atoms with E-state index in [1.165, 1.54) is 0 Å². The van der Waals surface area contributed by atoms with Gasteiger partial charge in [-0.2, -0.15) is 0 Å². The molecular weight excluding hydrogens is 252 g/mol. The molecule has 0 saturated carbocycles. The number of ether oxygens (including phenoxy) is 1. The second-order valence-electron chi connectivity index (χ2n) is 6.14. The number of amides is 1. The molecule has 0 aliphatic heterocycles. The third-order valence-corrected chi connectivity index (χ3v) is 3.20. The van der Waals surface area contributed by atoms with E-state index >= 15 is 0 Å². The first-order valence-electron chi connectivity index (χ1n) is 7.02. The van der Waals surface area contributed by atoms with Gasteiger partial charge in [-0.3, -0.25) is 4.79 Å². The lowest BCUT2D eigenvalue weighted by Crippen LogP contribution is -2.48. The van der Waals surface area contributed by atoms with Crippen LogP contribution in [-0.2, 0) is 4.79 Å². The van der Waals surface area contributed by atoms with Crippen molar-refractivity contribution in [3.8, 4) is 5.75 Å². The molecule has 0 saturated heterocycles. The van der Waals surface area contributed by atoms with Crippen molar-refractivity contribution in [2.45, 2.75) is 40.2 Å². The van der Waals surface area contributed by atoms with Crippen LogP contribution in [0, 0.1) is 12.3 Å². The van der Waals surface area contributed by atoms with Crippen molar-refractivity contribution >= 4 is 5.91 Å².